The first-order valence-corrected chi connectivity index (χ1v) is 8.45. The van der Waals surface area contributed by atoms with Crippen LogP contribution in [-0.2, 0) is 11.3 Å². The minimum atomic E-state index is 0.291. The minimum Gasteiger partial charge on any atom is -0.491 e. The highest BCUT2D eigenvalue weighted by molar-refractivity contribution is 6.30. The van der Waals surface area contributed by atoms with Crippen LogP contribution in [0.4, 0.5) is 11.8 Å². The second kappa shape index (κ2) is 6.45. The number of hydrogen-bond donors (Lipinski definition) is 1. The van der Waals surface area contributed by atoms with Crippen molar-refractivity contribution in [3.8, 4) is 5.75 Å². The van der Waals surface area contributed by atoms with Gasteiger partial charge < -0.3 is 20.1 Å². The van der Waals surface area contributed by atoms with Crippen molar-refractivity contribution in [2.24, 2.45) is 0 Å². The third-order valence-corrected chi connectivity index (χ3v) is 4.66. The summed E-state index contributed by atoms with van der Waals surface area (Å²) in [6.45, 7) is 3.45. The van der Waals surface area contributed by atoms with Gasteiger partial charge in [0.05, 0.1) is 18.8 Å². The molecule has 0 radical (unpaired) electrons. The Hall–Kier alpha value is -2.05. The van der Waals surface area contributed by atoms with E-state index in [9.17, 15) is 0 Å². The largest absolute Gasteiger partial charge is 0.491 e. The molecule has 1 atom stereocenters. The Kier molecular flexibility index (Phi) is 4.16. The molecule has 0 aliphatic carbocycles. The first-order valence-electron chi connectivity index (χ1n) is 8.07. The Morgan fingerprint density at radius 3 is 2.96 bits per heavy atom. The molecule has 0 bridgehead atoms. The van der Waals surface area contributed by atoms with Gasteiger partial charge in [0.1, 0.15) is 18.2 Å². The third kappa shape index (κ3) is 3.12. The molecule has 1 fully saturated rings. The van der Waals surface area contributed by atoms with E-state index in [4.69, 9.17) is 26.8 Å². The molecular formula is C17H19ClN4O2. The highest BCUT2D eigenvalue weighted by Gasteiger charge is 2.23. The zero-order valence-electron chi connectivity index (χ0n) is 13.2. The molecule has 4 rings (SSSR count). The van der Waals surface area contributed by atoms with Crippen LogP contribution in [0.25, 0.3) is 0 Å². The number of halogens is 1. The van der Waals surface area contributed by atoms with Gasteiger partial charge >= 0.3 is 0 Å². The molecule has 2 aliphatic heterocycles. The van der Waals surface area contributed by atoms with E-state index in [1.54, 1.807) is 0 Å². The van der Waals surface area contributed by atoms with Crippen molar-refractivity contribution in [3.63, 3.8) is 0 Å². The molecule has 2 N–H and O–H groups in total. The summed E-state index contributed by atoms with van der Waals surface area (Å²) in [4.78, 5) is 11.0. The van der Waals surface area contributed by atoms with Crippen molar-refractivity contribution >= 4 is 23.4 Å². The molecule has 1 aromatic carbocycles. The molecule has 2 aromatic rings. The van der Waals surface area contributed by atoms with Gasteiger partial charge in [0.15, 0.2) is 0 Å². The standard InChI is InChI=1S/C17H19ClN4O2/c18-13-1-2-15-12(7-13)9-22(4-6-24-15)16-8-14(20-17(19)21-16)11-3-5-23-10-11/h1-2,7-8,11H,3-6,9-10H2,(H2,19,20,21)/t11-/m1/s1. The number of nitrogen functional groups attached to an aromatic ring is 1. The van der Waals surface area contributed by atoms with E-state index in [-0.39, 0.29) is 0 Å². The van der Waals surface area contributed by atoms with Crippen LogP contribution in [0.2, 0.25) is 5.02 Å². The second-order valence-electron chi connectivity index (χ2n) is 6.09. The smallest absolute Gasteiger partial charge is 0.222 e. The van der Waals surface area contributed by atoms with E-state index in [1.807, 2.05) is 24.3 Å². The maximum atomic E-state index is 6.13. The predicted molar refractivity (Wildman–Crippen MR) is 92.6 cm³/mol. The summed E-state index contributed by atoms with van der Waals surface area (Å²) in [5.74, 6) is 2.28. The van der Waals surface area contributed by atoms with Crippen molar-refractivity contribution in [2.75, 3.05) is 37.0 Å². The summed E-state index contributed by atoms with van der Waals surface area (Å²) in [7, 11) is 0. The second-order valence-corrected chi connectivity index (χ2v) is 6.53. The van der Waals surface area contributed by atoms with Crippen LogP contribution in [0.5, 0.6) is 5.75 Å². The van der Waals surface area contributed by atoms with Crippen LogP contribution < -0.4 is 15.4 Å². The van der Waals surface area contributed by atoms with E-state index < -0.39 is 0 Å². The van der Waals surface area contributed by atoms with Gasteiger partial charge in [-0.2, -0.15) is 4.98 Å². The third-order valence-electron chi connectivity index (χ3n) is 4.42. The lowest BCUT2D eigenvalue weighted by atomic mass is 10.0. The van der Waals surface area contributed by atoms with Gasteiger partial charge in [0.2, 0.25) is 5.95 Å². The van der Waals surface area contributed by atoms with Gasteiger partial charge in [0.25, 0.3) is 0 Å². The van der Waals surface area contributed by atoms with Crippen LogP contribution >= 0.6 is 11.6 Å². The Morgan fingerprint density at radius 1 is 1.21 bits per heavy atom. The zero-order valence-corrected chi connectivity index (χ0v) is 14.0. The molecule has 0 saturated carbocycles. The summed E-state index contributed by atoms with van der Waals surface area (Å²) in [5, 5.41) is 0.699. The molecule has 1 saturated heterocycles. The zero-order chi connectivity index (χ0) is 16.5. The Balaban J connectivity index is 1.65. The van der Waals surface area contributed by atoms with Crippen molar-refractivity contribution in [1.82, 2.24) is 9.97 Å². The van der Waals surface area contributed by atoms with Crippen LogP contribution in [0.15, 0.2) is 24.3 Å². The van der Waals surface area contributed by atoms with Gasteiger partial charge in [0, 0.05) is 35.7 Å². The van der Waals surface area contributed by atoms with Crippen molar-refractivity contribution in [2.45, 2.75) is 18.9 Å². The molecule has 0 spiro atoms. The lowest BCUT2D eigenvalue weighted by molar-refractivity contribution is 0.193. The lowest BCUT2D eigenvalue weighted by Gasteiger charge is -2.22. The highest BCUT2D eigenvalue weighted by atomic mass is 35.5. The highest BCUT2D eigenvalue weighted by Crippen LogP contribution is 2.30. The number of hydrogen-bond acceptors (Lipinski definition) is 6. The molecule has 2 aliphatic rings. The van der Waals surface area contributed by atoms with Crippen molar-refractivity contribution in [1.29, 1.82) is 0 Å². The number of nitrogens with two attached hydrogens (primary N) is 1. The summed E-state index contributed by atoms with van der Waals surface area (Å²) < 4.78 is 11.3. The number of fused-ring (bicyclic) bond motifs is 1. The number of rotatable bonds is 2. The fourth-order valence-corrected chi connectivity index (χ4v) is 3.36. The molecule has 0 unspecified atom stereocenters. The molecule has 6 nitrogen and oxygen atoms in total. The molecule has 3 heterocycles. The minimum absolute atomic E-state index is 0.291. The van der Waals surface area contributed by atoms with Gasteiger partial charge in [-0.25, -0.2) is 4.98 Å². The lowest BCUT2D eigenvalue weighted by Crippen LogP contribution is -2.27. The maximum absolute atomic E-state index is 6.13. The van der Waals surface area contributed by atoms with E-state index in [2.05, 4.69) is 14.9 Å². The van der Waals surface area contributed by atoms with Crippen molar-refractivity contribution in [3.05, 3.63) is 40.5 Å². The number of aromatic nitrogens is 2. The molecule has 7 heteroatoms. The fraction of sp³-hybridized carbons (Fsp3) is 0.412. The summed E-state index contributed by atoms with van der Waals surface area (Å²) in [5.41, 5.74) is 7.94. The first kappa shape index (κ1) is 15.5. The van der Waals surface area contributed by atoms with Gasteiger partial charge in [-0.05, 0) is 24.6 Å². The first-order chi connectivity index (χ1) is 11.7. The Labute approximate surface area is 145 Å². The quantitative estimate of drug-likeness (QED) is 0.901. The average Bonchev–Trinajstić information content (AvgIpc) is 3.02. The normalized spacial score (nSPS) is 20.4. The van der Waals surface area contributed by atoms with Gasteiger partial charge in [-0.1, -0.05) is 11.6 Å². The predicted octanol–water partition coefficient (Wildman–Crippen LogP) is 2.62. The Bertz CT molecular complexity index is 749. The molecule has 126 valence electrons. The monoisotopic (exact) mass is 346 g/mol. The number of anilines is 2. The molecular weight excluding hydrogens is 328 g/mol. The summed E-state index contributed by atoms with van der Waals surface area (Å²) in [6, 6.07) is 7.71. The van der Waals surface area contributed by atoms with Crippen LogP contribution in [0.3, 0.4) is 0 Å². The maximum Gasteiger partial charge on any atom is 0.222 e. The SMILES string of the molecule is Nc1nc([C@@H]2CCOC2)cc(N2CCOc3ccc(Cl)cc3C2)n1. The van der Waals surface area contributed by atoms with Gasteiger partial charge in [-0.15, -0.1) is 0 Å². The van der Waals surface area contributed by atoms with Gasteiger partial charge in [-0.3, -0.25) is 0 Å². The summed E-state index contributed by atoms with van der Waals surface area (Å²) in [6.07, 6.45) is 0.970. The van der Waals surface area contributed by atoms with E-state index in [0.29, 0.717) is 36.6 Å². The number of benzene rings is 1. The molecule has 1 aromatic heterocycles. The van der Waals surface area contributed by atoms with Crippen LogP contribution in [0.1, 0.15) is 23.6 Å². The average molecular weight is 347 g/mol. The topological polar surface area (TPSA) is 73.5 Å². The summed E-state index contributed by atoms with van der Waals surface area (Å²) >= 11 is 6.13. The molecule has 24 heavy (non-hydrogen) atoms. The Morgan fingerprint density at radius 2 is 2.12 bits per heavy atom. The number of nitrogens with zero attached hydrogens (tertiary/aromatic N) is 3. The number of ether oxygens (including phenoxy) is 2. The van der Waals surface area contributed by atoms with Crippen LogP contribution in [0, 0.1) is 0 Å². The van der Waals surface area contributed by atoms with Crippen LogP contribution in [-0.4, -0.2) is 36.3 Å². The fourth-order valence-electron chi connectivity index (χ4n) is 3.17. The van der Waals surface area contributed by atoms with E-state index in [0.717, 1.165) is 42.4 Å². The van der Waals surface area contributed by atoms with Crippen molar-refractivity contribution < 1.29 is 9.47 Å². The molecule has 0 amide bonds. The van der Waals surface area contributed by atoms with E-state index in [1.165, 1.54) is 0 Å². The van der Waals surface area contributed by atoms with E-state index >= 15 is 0 Å².